The molecule has 1 aliphatic rings. The average molecular weight is 1010 g/mol. The van der Waals surface area contributed by atoms with Gasteiger partial charge in [0.15, 0.2) is 0 Å². The van der Waals surface area contributed by atoms with Gasteiger partial charge < -0.3 is 19.1 Å². The molecule has 0 N–H and O–H groups in total. The van der Waals surface area contributed by atoms with Gasteiger partial charge >= 0.3 is 0 Å². The predicted octanol–water partition coefficient (Wildman–Crippen LogP) is 14.9. The number of hydrogen-bond donors (Lipinski definition) is 0. The fraction of sp³-hybridized carbons (Fsp3) is 0.208. The number of ether oxygens (including phenoxy) is 1. The van der Waals surface area contributed by atoms with Crippen molar-refractivity contribution >= 4 is 44.6 Å². The Morgan fingerprint density at radius 3 is 2.00 bits per heavy atom. The van der Waals surface area contributed by atoms with Crippen LogP contribution in [0.2, 0.25) is 0 Å². The van der Waals surface area contributed by atoms with Crippen LogP contribution in [0.15, 0.2) is 115 Å². The number of benzene rings is 6. The molecule has 0 unspecified atom stereocenters. The van der Waals surface area contributed by atoms with Crippen LogP contribution in [0.1, 0.15) is 82.6 Å². The molecule has 8 aromatic rings. The Hall–Kier alpha value is -5.85. The van der Waals surface area contributed by atoms with Crippen LogP contribution in [0.5, 0.6) is 11.5 Å². The summed E-state index contributed by atoms with van der Waals surface area (Å²) in [5.41, 5.74) is 9.50. The number of halogens is 3. The number of pyridine rings is 1. The molecular formula is C53H46F3N4OPt-3. The summed E-state index contributed by atoms with van der Waals surface area (Å²) in [7, 11) is 0. The molecule has 0 amide bonds. The van der Waals surface area contributed by atoms with E-state index in [0.717, 1.165) is 79.2 Å². The molecule has 1 aliphatic heterocycles. The first-order valence-corrected chi connectivity index (χ1v) is 20.7. The second kappa shape index (κ2) is 16.4. The monoisotopic (exact) mass is 1010 g/mol. The number of rotatable bonds is 8. The first-order chi connectivity index (χ1) is 29.2. The first-order valence-electron chi connectivity index (χ1n) is 20.7. The molecule has 6 aromatic carbocycles. The minimum Gasteiger partial charge on any atom is -0.509 e. The van der Waals surface area contributed by atoms with Crippen molar-refractivity contribution < 1.29 is 39.0 Å². The summed E-state index contributed by atoms with van der Waals surface area (Å²) in [5.74, 6) is -0.981. The summed E-state index contributed by atoms with van der Waals surface area (Å²) >= 11 is 0. The van der Waals surface area contributed by atoms with Crippen molar-refractivity contribution in [3.63, 3.8) is 0 Å². The maximum absolute atomic E-state index is 15.2. The number of hydrogen-bond acceptors (Lipinski definition) is 4. The molecule has 0 bridgehead atoms. The summed E-state index contributed by atoms with van der Waals surface area (Å²) in [6.45, 7) is 18.9. The Kier molecular flexibility index (Phi) is 11.4. The van der Waals surface area contributed by atoms with Crippen molar-refractivity contribution in [2.24, 2.45) is 0 Å². The van der Waals surface area contributed by atoms with Gasteiger partial charge in [-0.25, -0.2) is 18.2 Å². The van der Waals surface area contributed by atoms with Gasteiger partial charge in [-0.15, -0.1) is 48.1 Å². The second-order valence-corrected chi connectivity index (χ2v) is 17.5. The maximum atomic E-state index is 15.2. The van der Waals surface area contributed by atoms with Gasteiger partial charge in [-0.05, 0) is 87.4 Å². The SMILES string of the molecule is Cc1cc(Oc2[c-]c3c(cc2)c2ccccc2n3-c2cc(C(C)(C)C)ccn2)[c-]c(N2[CH-]N(c3c(C(C)C)cc(-c4c(F)cc(F)cc4F)cc3C(C)C)c3ccccc32)c1.[Pt]. The summed E-state index contributed by atoms with van der Waals surface area (Å²) in [6, 6.07) is 41.0. The van der Waals surface area contributed by atoms with E-state index in [1.807, 2.05) is 68.3 Å². The molecule has 2 aromatic heterocycles. The molecule has 3 heterocycles. The molecular weight excluding hydrogens is 961 g/mol. The van der Waals surface area contributed by atoms with Crippen LogP contribution in [-0.2, 0) is 26.5 Å². The number of nitrogens with zero attached hydrogens (tertiary/aromatic N) is 4. The van der Waals surface area contributed by atoms with E-state index >= 15 is 8.78 Å². The maximum Gasteiger partial charge on any atom is 0.136 e. The van der Waals surface area contributed by atoms with Gasteiger partial charge in [0.2, 0.25) is 0 Å². The van der Waals surface area contributed by atoms with E-state index < -0.39 is 17.5 Å². The zero-order chi connectivity index (χ0) is 42.9. The summed E-state index contributed by atoms with van der Waals surface area (Å²) in [6.07, 6.45) is 1.87. The number of para-hydroxylation sites is 3. The van der Waals surface area contributed by atoms with Gasteiger partial charge in [0.25, 0.3) is 0 Å². The van der Waals surface area contributed by atoms with Crippen molar-refractivity contribution in [3.8, 4) is 28.4 Å². The Balaban J connectivity index is 0.00000529. The third kappa shape index (κ3) is 7.68. The van der Waals surface area contributed by atoms with Crippen LogP contribution in [0.25, 0.3) is 38.8 Å². The standard InChI is InChI=1S/C53H46F3N4O.Pt/c1-31(2)42-23-34(51-44(55)26-36(54)27-45(51)56)24-43(32(3)4)52(42)59-30-58(47-15-11-12-16-48(47)59)37-21-33(5)22-39(28-37)61-38-17-18-41-40-13-9-10-14-46(40)60(49(41)29-38)50-25-35(19-20-57-50)53(6,7)8;/h9-27,30-32H,1-8H3;/q-3;. The molecule has 5 nitrogen and oxygen atoms in total. The number of aryl methyl sites for hydroxylation is 1. The molecule has 0 fully saturated rings. The predicted molar refractivity (Wildman–Crippen MR) is 241 cm³/mol. The molecule has 9 rings (SSSR count). The van der Waals surface area contributed by atoms with Gasteiger partial charge in [-0.1, -0.05) is 91.2 Å². The van der Waals surface area contributed by atoms with E-state index in [2.05, 4.69) is 123 Å². The minimum atomic E-state index is -0.952. The molecule has 62 heavy (non-hydrogen) atoms. The second-order valence-electron chi connectivity index (χ2n) is 17.5. The molecule has 9 heteroatoms. The zero-order valence-electron chi connectivity index (χ0n) is 35.8. The first kappa shape index (κ1) is 42.8. The summed E-state index contributed by atoms with van der Waals surface area (Å²) < 4.78 is 53.2. The van der Waals surface area contributed by atoms with E-state index in [9.17, 15) is 4.39 Å². The molecule has 0 atom stereocenters. The third-order valence-corrected chi connectivity index (χ3v) is 11.4. The van der Waals surface area contributed by atoms with E-state index in [1.165, 1.54) is 5.56 Å². The van der Waals surface area contributed by atoms with Crippen LogP contribution >= 0.6 is 0 Å². The van der Waals surface area contributed by atoms with Crippen LogP contribution in [-0.4, -0.2) is 9.55 Å². The Bertz CT molecular complexity index is 2950. The quantitative estimate of drug-likeness (QED) is 0.142. The van der Waals surface area contributed by atoms with E-state index in [0.29, 0.717) is 17.1 Å². The smallest absolute Gasteiger partial charge is 0.136 e. The molecule has 0 spiro atoms. The van der Waals surface area contributed by atoms with Crippen molar-refractivity contribution in [3.05, 3.63) is 174 Å². The van der Waals surface area contributed by atoms with Crippen molar-refractivity contribution in [1.29, 1.82) is 0 Å². The van der Waals surface area contributed by atoms with Crippen molar-refractivity contribution in [2.45, 2.75) is 72.6 Å². The van der Waals surface area contributed by atoms with Crippen molar-refractivity contribution in [1.82, 2.24) is 9.55 Å². The molecule has 0 aliphatic carbocycles. The van der Waals surface area contributed by atoms with E-state index in [-0.39, 0.29) is 43.9 Å². The van der Waals surface area contributed by atoms with Crippen LogP contribution < -0.4 is 14.5 Å². The van der Waals surface area contributed by atoms with Gasteiger partial charge in [0.1, 0.15) is 23.3 Å². The molecule has 0 saturated carbocycles. The molecule has 318 valence electrons. The molecule has 0 radical (unpaired) electrons. The van der Waals surface area contributed by atoms with Gasteiger partial charge in [0.05, 0.1) is 5.56 Å². The fourth-order valence-electron chi connectivity index (χ4n) is 8.43. The average Bonchev–Trinajstić information content (AvgIpc) is 3.75. The Morgan fingerprint density at radius 2 is 1.34 bits per heavy atom. The van der Waals surface area contributed by atoms with Gasteiger partial charge in [0, 0.05) is 73.5 Å². The minimum absolute atomic E-state index is 0. The van der Waals surface area contributed by atoms with Gasteiger partial charge in [-0.3, -0.25) is 0 Å². The molecule has 0 saturated heterocycles. The van der Waals surface area contributed by atoms with Crippen LogP contribution in [0.4, 0.5) is 35.9 Å². The largest absolute Gasteiger partial charge is 0.509 e. The topological polar surface area (TPSA) is 33.5 Å². The van der Waals surface area contributed by atoms with Crippen molar-refractivity contribution in [2.75, 3.05) is 9.80 Å². The van der Waals surface area contributed by atoms with Crippen LogP contribution in [0, 0.1) is 43.2 Å². The summed E-state index contributed by atoms with van der Waals surface area (Å²) in [4.78, 5) is 9.07. The van der Waals surface area contributed by atoms with E-state index in [4.69, 9.17) is 9.72 Å². The van der Waals surface area contributed by atoms with Gasteiger partial charge in [-0.2, -0.15) is 11.6 Å². The van der Waals surface area contributed by atoms with E-state index in [1.54, 1.807) is 0 Å². The Labute approximate surface area is 376 Å². The fourth-order valence-corrected chi connectivity index (χ4v) is 8.43. The number of anilines is 4. The zero-order valence-corrected chi connectivity index (χ0v) is 38.1. The Morgan fingerprint density at radius 1 is 0.694 bits per heavy atom. The number of aromatic nitrogens is 2. The normalized spacial score (nSPS) is 12.8. The van der Waals surface area contributed by atoms with Crippen LogP contribution in [0.3, 0.4) is 0 Å². The number of fused-ring (bicyclic) bond motifs is 4. The third-order valence-electron chi connectivity index (χ3n) is 11.4. The summed E-state index contributed by atoms with van der Waals surface area (Å²) in [5, 5.41) is 2.15.